The standard InChI is InChI=1S/C24H23ClFN3O2/c1-14(2)22-11-16(31-28-22)13-29(3)23(30)12-19-18-10-15(26)8-9-21(18)27-24(19)17-6-4-5-7-20(17)25/h4-11,14,27H,12-13H2,1-3H3. The zero-order chi connectivity index (χ0) is 22.1. The molecule has 2 aromatic carbocycles. The Morgan fingerprint density at radius 2 is 2.00 bits per heavy atom. The largest absolute Gasteiger partial charge is 0.359 e. The van der Waals surface area contributed by atoms with Gasteiger partial charge in [-0.05, 0) is 35.7 Å². The second kappa shape index (κ2) is 8.55. The van der Waals surface area contributed by atoms with Crippen LogP contribution in [0.5, 0.6) is 0 Å². The fraction of sp³-hybridized carbons (Fsp3) is 0.250. The number of fused-ring (bicyclic) bond motifs is 1. The number of aromatic amines is 1. The first-order valence-corrected chi connectivity index (χ1v) is 10.5. The summed E-state index contributed by atoms with van der Waals surface area (Å²) in [6, 6.07) is 13.8. The van der Waals surface area contributed by atoms with Gasteiger partial charge in [-0.1, -0.05) is 48.8 Å². The summed E-state index contributed by atoms with van der Waals surface area (Å²) in [5, 5.41) is 5.26. The lowest BCUT2D eigenvalue weighted by molar-refractivity contribution is -0.129. The van der Waals surface area contributed by atoms with E-state index in [1.807, 2.05) is 38.1 Å². The Morgan fingerprint density at radius 1 is 1.23 bits per heavy atom. The fourth-order valence-corrected chi connectivity index (χ4v) is 3.81. The molecule has 0 spiro atoms. The number of halogens is 2. The molecule has 0 fully saturated rings. The van der Waals surface area contributed by atoms with E-state index in [1.54, 1.807) is 24.1 Å². The fourth-order valence-electron chi connectivity index (χ4n) is 3.58. The SMILES string of the molecule is CC(C)c1cc(CN(C)C(=O)Cc2c(-c3ccccc3Cl)[nH]c3ccc(F)cc23)on1. The normalized spacial score (nSPS) is 11.4. The Bertz CT molecular complexity index is 1240. The number of nitrogens with one attached hydrogen (secondary N) is 1. The second-order valence-electron chi connectivity index (χ2n) is 7.95. The molecule has 160 valence electrons. The first-order chi connectivity index (χ1) is 14.8. The van der Waals surface area contributed by atoms with Crippen LogP contribution in [0.25, 0.3) is 22.2 Å². The van der Waals surface area contributed by atoms with Crippen LogP contribution in [0.4, 0.5) is 4.39 Å². The second-order valence-corrected chi connectivity index (χ2v) is 8.35. The van der Waals surface area contributed by atoms with E-state index >= 15 is 0 Å². The van der Waals surface area contributed by atoms with Crippen molar-refractivity contribution in [1.29, 1.82) is 0 Å². The predicted molar refractivity (Wildman–Crippen MR) is 119 cm³/mol. The summed E-state index contributed by atoms with van der Waals surface area (Å²) in [4.78, 5) is 18.0. The molecule has 0 unspecified atom stereocenters. The maximum absolute atomic E-state index is 14.0. The van der Waals surface area contributed by atoms with Crippen LogP contribution in [0.3, 0.4) is 0 Å². The summed E-state index contributed by atoms with van der Waals surface area (Å²) in [5.41, 5.74) is 3.79. The number of likely N-dealkylation sites (N-methyl/N-ethyl adjacent to an activating group) is 1. The highest BCUT2D eigenvalue weighted by molar-refractivity contribution is 6.33. The van der Waals surface area contributed by atoms with Crippen molar-refractivity contribution in [2.24, 2.45) is 0 Å². The summed E-state index contributed by atoms with van der Waals surface area (Å²) >= 11 is 6.42. The van der Waals surface area contributed by atoms with Gasteiger partial charge in [0.05, 0.1) is 24.4 Å². The quantitative estimate of drug-likeness (QED) is 0.404. The smallest absolute Gasteiger partial charge is 0.227 e. The van der Waals surface area contributed by atoms with Crippen molar-refractivity contribution in [3.63, 3.8) is 0 Å². The molecule has 5 nitrogen and oxygen atoms in total. The molecule has 0 aliphatic heterocycles. The minimum Gasteiger partial charge on any atom is -0.359 e. The molecule has 0 saturated heterocycles. The summed E-state index contributed by atoms with van der Waals surface area (Å²) in [7, 11) is 1.71. The van der Waals surface area contributed by atoms with Crippen molar-refractivity contribution < 1.29 is 13.7 Å². The third kappa shape index (κ3) is 4.35. The molecular weight excluding hydrogens is 417 g/mol. The van der Waals surface area contributed by atoms with Crippen LogP contribution in [0.15, 0.2) is 53.1 Å². The summed E-state index contributed by atoms with van der Waals surface area (Å²) in [6.45, 7) is 4.36. The van der Waals surface area contributed by atoms with Crippen LogP contribution >= 0.6 is 11.6 Å². The van der Waals surface area contributed by atoms with Gasteiger partial charge in [0.1, 0.15) is 5.82 Å². The van der Waals surface area contributed by atoms with Crippen molar-refractivity contribution in [2.75, 3.05) is 7.05 Å². The average molecular weight is 440 g/mol. The Labute approximate surface area is 184 Å². The number of benzene rings is 2. The van der Waals surface area contributed by atoms with Gasteiger partial charge in [0.15, 0.2) is 5.76 Å². The molecule has 4 rings (SSSR count). The van der Waals surface area contributed by atoms with Gasteiger partial charge in [0, 0.05) is 34.6 Å². The Kier molecular flexibility index (Phi) is 5.83. The van der Waals surface area contributed by atoms with E-state index in [0.717, 1.165) is 22.5 Å². The highest BCUT2D eigenvalue weighted by atomic mass is 35.5. The van der Waals surface area contributed by atoms with Gasteiger partial charge < -0.3 is 14.4 Å². The lowest BCUT2D eigenvalue weighted by atomic mass is 10.0. The van der Waals surface area contributed by atoms with Crippen LogP contribution in [0.2, 0.25) is 5.02 Å². The van der Waals surface area contributed by atoms with E-state index in [9.17, 15) is 9.18 Å². The molecule has 1 N–H and O–H groups in total. The van der Waals surface area contributed by atoms with Crippen LogP contribution in [-0.2, 0) is 17.8 Å². The van der Waals surface area contributed by atoms with E-state index < -0.39 is 0 Å². The van der Waals surface area contributed by atoms with E-state index in [1.165, 1.54) is 12.1 Å². The average Bonchev–Trinajstić information content (AvgIpc) is 3.33. The summed E-state index contributed by atoms with van der Waals surface area (Å²) in [6.07, 6.45) is 0.0890. The molecule has 2 heterocycles. The van der Waals surface area contributed by atoms with Crippen molar-refractivity contribution >= 4 is 28.4 Å². The maximum Gasteiger partial charge on any atom is 0.227 e. The van der Waals surface area contributed by atoms with Gasteiger partial charge in [-0.2, -0.15) is 0 Å². The Hall–Kier alpha value is -3.12. The monoisotopic (exact) mass is 439 g/mol. The van der Waals surface area contributed by atoms with Crippen molar-refractivity contribution in [2.45, 2.75) is 32.7 Å². The van der Waals surface area contributed by atoms with Crippen LogP contribution in [-0.4, -0.2) is 28.0 Å². The van der Waals surface area contributed by atoms with Gasteiger partial charge in [0.2, 0.25) is 5.91 Å². The molecule has 0 aliphatic rings. The van der Waals surface area contributed by atoms with Crippen LogP contribution < -0.4 is 0 Å². The van der Waals surface area contributed by atoms with Gasteiger partial charge >= 0.3 is 0 Å². The van der Waals surface area contributed by atoms with Gasteiger partial charge in [0.25, 0.3) is 0 Å². The minimum atomic E-state index is -0.359. The van der Waals surface area contributed by atoms with Gasteiger partial charge in [-0.25, -0.2) is 4.39 Å². The molecule has 1 amide bonds. The van der Waals surface area contributed by atoms with Crippen LogP contribution in [0, 0.1) is 5.82 Å². The zero-order valence-corrected chi connectivity index (χ0v) is 18.3. The number of amides is 1. The number of rotatable bonds is 6. The molecule has 4 aromatic rings. The first kappa shape index (κ1) is 21.1. The van der Waals surface area contributed by atoms with Crippen LogP contribution in [0.1, 0.15) is 36.8 Å². The van der Waals surface area contributed by atoms with E-state index in [-0.39, 0.29) is 24.1 Å². The lowest BCUT2D eigenvalue weighted by Gasteiger charge is -2.16. The van der Waals surface area contributed by atoms with Crippen molar-refractivity contribution in [1.82, 2.24) is 15.0 Å². The molecule has 0 aliphatic carbocycles. The highest BCUT2D eigenvalue weighted by Crippen LogP contribution is 2.35. The Morgan fingerprint density at radius 3 is 2.71 bits per heavy atom. The molecule has 7 heteroatoms. The van der Waals surface area contributed by atoms with Gasteiger partial charge in [-0.15, -0.1) is 0 Å². The Balaban J connectivity index is 1.66. The third-order valence-electron chi connectivity index (χ3n) is 5.33. The molecule has 0 bridgehead atoms. The number of nitrogens with zero attached hydrogens (tertiary/aromatic N) is 2. The molecule has 0 saturated carbocycles. The first-order valence-electron chi connectivity index (χ1n) is 10.1. The molecule has 2 aromatic heterocycles. The topological polar surface area (TPSA) is 62.1 Å². The summed E-state index contributed by atoms with van der Waals surface area (Å²) < 4.78 is 19.4. The summed E-state index contributed by atoms with van der Waals surface area (Å²) in [5.74, 6) is 0.386. The van der Waals surface area contributed by atoms with Crippen molar-refractivity contribution in [3.8, 4) is 11.3 Å². The highest BCUT2D eigenvalue weighted by Gasteiger charge is 2.21. The maximum atomic E-state index is 14.0. The van der Waals surface area contributed by atoms with E-state index in [2.05, 4.69) is 10.1 Å². The number of carbonyl (C=O) groups is 1. The molecule has 0 atom stereocenters. The number of aromatic nitrogens is 2. The van der Waals surface area contributed by atoms with Gasteiger partial charge in [-0.3, -0.25) is 4.79 Å². The predicted octanol–water partition coefficient (Wildman–Crippen LogP) is 5.94. The van der Waals surface area contributed by atoms with Crippen molar-refractivity contribution in [3.05, 3.63) is 76.4 Å². The zero-order valence-electron chi connectivity index (χ0n) is 17.6. The minimum absolute atomic E-state index is 0.0890. The lowest BCUT2D eigenvalue weighted by Crippen LogP contribution is -2.27. The number of carbonyl (C=O) groups excluding carboxylic acids is 1. The number of hydrogen-bond donors (Lipinski definition) is 1. The number of hydrogen-bond acceptors (Lipinski definition) is 3. The third-order valence-corrected chi connectivity index (χ3v) is 5.66. The van der Waals surface area contributed by atoms with E-state index in [4.69, 9.17) is 16.1 Å². The van der Waals surface area contributed by atoms with E-state index in [0.29, 0.717) is 28.3 Å². The molecular formula is C24H23ClFN3O2. The number of H-pyrrole nitrogens is 1. The molecule has 31 heavy (non-hydrogen) atoms. The molecule has 0 radical (unpaired) electrons.